The minimum Gasteiger partial charge on any atom is -0.494 e. The Morgan fingerprint density at radius 1 is 0.732 bits per heavy atom. The molecule has 4 aromatic rings. The summed E-state index contributed by atoms with van der Waals surface area (Å²) in [5, 5.41) is 39.6. The van der Waals surface area contributed by atoms with Gasteiger partial charge >= 0.3 is 11.9 Å². The fraction of sp³-hybridized carbons (Fsp3) is 0. The second-order valence-corrected chi connectivity index (χ2v) is 8.98. The van der Waals surface area contributed by atoms with Crippen molar-refractivity contribution in [2.75, 3.05) is 0 Å². The molecule has 6 N–H and O–H groups in total. The van der Waals surface area contributed by atoms with Gasteiger partial charge in [-0.25, -0.2) is 9.59 Å². The van der Waals surface area contributed by atoms with Gasteiger partial charge in [0.15, 0.2) is 9.54 Å². The number of aromatic hydroxyl groups is 2. The second kappa shape index (κ2) is 11.7. The number of rotatable bonds is 7. The highest BCUT2D eigenvalue weighted by atomic mass is 32.1. The molecule has 206 valence electrons. The van der Waals surface area contributed by atoms with E-state index in [0.29, 0.717) is 11.4 Å². The van der Waals surface area contributed by atoms with Gasteiger partial charge in [-0.3, -0.25) is 28.7 Å². The Balaban J connectivity index is 1.67. The van der Waals surface area contributed by atoms with Crippen LogP contribution >= 0.6 is 24.4 Å². The number of carboxylic acid groups (broad SMARTS) is 2. The van der Waals surface area contributed by atoms with Gasteiger partial charge in [-0.15, -0.1) is 5.73 Å². The number of aromatic amines is 2. The number of carboxylic acids is 2. The highest BCUT2D eigenvalue weighted by molar-refractivity contribution is 7.71. The summed E-state index contributed by atoms with van der Waals surface area (Å²) in [4.78, 5) is 51.9. The predicted octanol–water partition coefficient (Wildman–Crippen LogP) is 3.79. The number of carbonyl (C=O) groups is 2. The highest BCUT2D eigenvalue weighted by Gasteiger charge is 2.14. The van der Waals surface area contributed by atoms with E-state index in [1.807, 2.05) is 0 Å². The van der Waals surface area contributed by atoms with Crippen molar-refractivity contribution in [1.29, 1.82) is 0 Å². The maximum atomic E-state index is 12.4. The molecule has 0 amide bonds. The van der Waals surface area contributed by atoms with Gasteiger partial charge in [-0.05, 0) is 91.2 Å². The number of nitrogens with zero attached hydrogens (tertiary/aromatic N) is 2. The summed E-state index contributed by atoms with van der Waals surface area (Å²) in [6.07, 6.45) is 5.06. The maximum absolute atomic E-state index is 12.4. The number of allylic oxidation sites excluding steroid dienone is 2. The minimum atomic E-state index is -1.13. The fourth-order valence-electron chi connectivity index (χ4n) is 3.67. The molecule has 0 aliphatic heterocycles. The lowest BCUT2D eigenvalue weighted by Crippen LogP contribution is -2.16. The molecule has 0 fully saturated rings. The topological polar surface area (TPSA) is 191 Å². The molecule has 0 aliphatic rings. The van der Waals surface area contributed by atoms with Crippen molar-refractivity contribution < 1.29 is 30.0 Å². The van der Waals surface area contributed by atoms with Crippen LogP contribution in [0.25, 0.3) is 23.5 Å². The van der Waals surface area contributed by atoms with Crippen molar-refractivity contribution in [2.45, 2.75) is 0 Å². The predicted molar refractivity (Wildman–Crippen MR) is 153 cm³/mol. The van der Waals surface area contributed by atoms with E-state index >= 15 is 0 Å². The van der Waals surface area contributed by atoms with Gasteiger partial charge in [0.25, 0.3) is 11.1 Å². The molecule has 2 heterocycles. The van der Waals surface area contributed by atoms with Crippen molar-refractivity contribution >= 4 is 48.5 Å². The number of aromatic nitrogens is 4. The van der Waals surface area contributed by atoms with Gasteiger partial charge in [0.05, 0.1) is 22.5 Å². The molecule has 0 aliphatic carbocycles. The average molecular weight is 591 g/mol. The van der Waals surface area contributed by atoms with Crippen LogP contribution in [0.2, 0.25) is 0 Å². The van der Waals surface area contributed by atoms with Crippen molar-refractivity contribution in [2.24, 2.45) is 0 Å². The first-order valence-electron chi connectivity index (χ1n) is 11.4. The van der Waals surface area contributed by atoms with Gasteiger partial charge in [-0.2, -0.15) is 0 Å². The van der Waals surface area contributed by atoms with E-state index in [1.165, 1.54) is 66.8 Å². The molecule has 2 aromatic heterocycles. The smallest absolute Gasteiger partial charge is 0.335 e. The molecule has 0 bridgehead atoms. The lowest BCUT2D eigenvalue weighted by molar-refractivity contribution is 0.0686. The molecular weight excluding hydrogens is 572 g/mol. The van der Waals surface area contributed by atoms with E-state index in [1.54, 1.807) is 0 Å². The van der Waals surface area contributed by atoms with E-state index < -0.39 is 34.8 Å². The lowest BCUT2D eigenvalue weighted by Gasteiger charge is -2.11. The molecule has 12 nitrogen and oxygen atoms in total. The van der Waals surface area contributed by atoms with Gasteiger partial charge in [-0.1, -0.05) is 6.08 Å². The Hall–Kier alpha value is -5.56. The van der Waals surface area contributed by atoms with Crippen molar-refractivity contribution in [3.05, 3.63) is 119 Å². The third-order valence-corrected chi connectivity index (χ3v) is 6.24. The normalized spacial score (nSPS) is 10.7. The molecule has 0 atom stereocenters. The first-order chi connectivity index (χ1) is 19.5. The molecule has 0 spiro atoms. The quantitative estimate of drug-likeness (QED) is 0.105. The number of aromatic carboxylic acids is 2. The Morgan fingerprint density at radius 2 is 1.15 bits per heavy atom. The first kappa shape index (κ1) is 28.4. The Kier molecular flexibility index (Phi) is 8.10. The van der Waals surface area contributed by atoms with Crippen LogP contribution in [0, 0.1) is 9.54 Å². The SMILES string of the molecule is O=C(O)c1ccc(-n2c(O)c(C=C=CC=Cc3c(O)n(-c4ccc(C(=O)O)cc4)c(=S)[nH]c3=O)c(=O)[nH]c2=S)cc1. The van der Waals surface area contributed by atoms with Gasteiger partial charge < -0.3 is 20.4 Å². The Bertz CT molecular complexity index is 2030. The van der Waals surface area contributed by atoms with Crippen molar-refractivity contribution in [1.82, 2.24) is 19.1 Å². The molecule has 0 radical (unpaired) electrons. The summed E-state index contributed by atoms with van der Waals surface area (Å²) in [5.74, 6) is -3.28. The summed E-state index contributed by atoms with van der Waals surface area (Å²) >= 11 is 10.3. The Morgan fingerprint density at radius 3 is 1.59 bits per heavy atom. The number of H-pyrrole nitrogens is 2. The number of nitrogens with one attached hydrogen (secondary N) is 2. The molecule has 0 unspecified atom stereocenters. The monoisotopic (exact) mass is 590 g/mol. The van der Waals surface area contributed by atoms with Crippen LogP contribution in [0.3, 0.4) is 0 Å². The number of hydrogen-bond donors (Lipinski definition) is 6. The van der Waals surface area contributed by atoms with Crippen molar-refractivity contribution in [3.63, 3.8) is 0 Å². The summed E-state index contributed by atoms with van der Waals surface area (Å²) in [7, 11) is 0. The van der Waals surface area contributed by atoms with Gasteiger partial charge in [0.1, 0.15) is 11.1 Å². The van der Waals surface area contributed by atoms with Crippen molar-refractivity contribution in [3.8, 4) is 23.1 Å². The zero-order chi connectivity index (χ0) is 29.8. The van der Waals surface area contributed by atoms with Gasteiger partial charge in [0.2, 0.25) is 11.8 Å². The van der Waals surface area contributed by atoms with E-state index in [0.717, 1.165) is 15.2 Å². The molecular formula is C27H18N4O8S2. The van der Waals surface area contributed by atoms with Crippen LogP contribution < -0.4 is 11.1 Å². The van der Waals surface area contributed by atoms with Crippen LogP contribution in [0.5, 0.6) is 11.8 Å². The van der Waals surface area contributed by atoms with E-state index in [-0.39, 0.29) is 31.8 Å². The summed E-state index contributed by atoms with van der Waals surface area (Å²) in [6, 6.07) is 10.9. The standard InChI is InChI=1S/C27H18N4O8S2/c32-20-18(22(34)30(26(40)28-20)16-10-6-14(7-11-16)24(36)37)4-2-1-3-5-19-21(33)29-27(41)31(23(19)35)17-12-8-15(9-13-17)25(38)39/h1-2,4-13,34-35H,(H,36,37)(H,38,39)(H,28,32,40)(H,29,33,41). The third-order valence-electron chi connectivity index (χ3n) is 5.67. The molecule has 41 heavy (non-hydrogen) atoms. The molecule has 0 saturated carbocycles. The second-order valence-electron chi connectivity index (χ2n) is 8.20. The third kappa shape index (κ3) is 5.89. The summed E-state index contributed by atoms with van der Waals surface area (Å²) < 4.78 is 2.05. The fourth-order valence-corrected chi connectivity index (χ4v) is 4.24. The number of benzene rings is 2. The van der Waals surface area contributed by atoms with Crippen LogP contribution in [0.4, 0.5) is 0 Å². The zero-order valence-electron chi connectivity index (χ0n) is 20.6. The van der Waals surface area contributed by atoms with Gasteiger partial charge in [0, 0.05) is 0 Å². The van der Waals surface area contributed by atoms with Crippen LogP contribution in [0.15, 0.2) is 76.0 Å². The minimum absolute atomic E-state index is 0.0212. The van der Waals surface area contributed by atoms with E-state index in [2.05, 4.69) is 15.7 Å². The van der Waals surface area contributed by atoms with Crippen LogP contribution in [-0.2, 0) is 0 Å². The van der Waals surface area contributed by atoms with Crippen LogP contribution in [-0.4, -0.2) is 51.5 Å². The largest absolute Gasteiger partial charge is 0.494 e. The zero-order valence-corrected chi connectivity index (χ0v) is 22.2. The molecule has 2 aromatic carbocycles. The summed E-state index contributed by atoms with van der Waals surface area (Å²) in [6.45, 7) is 0. The van der Waals surface area contributed by atoms with Crippen LogP contribution in [0.1, 0.15) is 31.8 Å². The Labute approximate surface area is 239 Å². The van der Waals surface area contributed by atoms with E-state index in [4.69, 9.17) is 34.6 Å². The molecule has 0 saturated heterocycles. The molecule has 14 heteroatoms. The van der Waals surface area contributed by atoms with E-state index in [9.17, 15) is 29.4 Å². The highest BCUT2D eigenvalue weighted by Crippen LogP contribution is 2.22. The number of hydrogen-bond acceptors (Lipinski definition) is 8. The lowest BCUT2D eigenvalue weighted by atomic mass is 10.2. The first-order valence-corrected chi connectivity index (χ1v) is 12.2. The molecule has 4 rings (SSSR count). The average Bonchev–Trinajstić information content (AvgIpc) is 2.92. The summed E-state index contributed by atoms with van der Waals surface area (Å²) in [5.41, 5.74) is 1.56. The maximum Gasteiger partial charge on any atom is 0.335 e.